The Hall–Kier alpha value is -1.65. The normalized spacial score (nSPS) is 10.4. The van der Waals surface area contributed by atoms with Crippen molar-refractivity contribution in [3.05, 3.63) is 24.3 Å². The van der Waals surface area contributed by atoms with Gasteiger partial charge in [-0.1, -0.05) is 31.9 Å². The first-order valence-electron chi connectivity index (χ1n) is 5.97. The third kappa shape index (κ3) is 5.12. The van der Waals surface area contributed by atoms with Gasteiger partial charge in [0.25, 0.3) is 0 Å². The standard InChI is InChI=1S/C13H17F2NO2/c1-2-3-4-9-12(17)16-10-7-5-6-8-11(10)18-13(14)15/h5-8,13H,2-4,9H2,1H3,(H,16,17). The third-order valence-corrected chi connectivity index (χ3v) is 2.38. The molecule has 0 aliphatic heterocycles. The number of hydrogen-bond donors (Lipinski definition) is 1. The van der Waals surface area contributed by atoms with Crippen LogP contribution in [0.15, 0.2) is 24.3 Å². The molecule has 1 aromatic carbocycles. The van der Waals surface area contributed by atoms with Crippen LogP contribution < -0.4 is 10.1 Å². The van der Waals surface area contributed by atoms with E-state index in [1.54, 1.807) is 12.1 Å². The van der Waals surface area contributed by atoms with Gasteiger partial charge in [-0.2, -0.15) is 8.78 Å². The smallest absolute Gasteiger partial charge is 0.387 e. The van der Waals surface area contributed by atoms with E-state index in [9.17, 15) is 13.6 Å². The molecule has 0 aromatic heterocycles. The number of unbranched alkanes of at least 4 members (excludes halogenated alkanes) is 2. The third-order valence-electron chi connectivity index (χ3n) is 2.38. The number of rotatable bonds is 7. The summed E-state index contributed by atoms with van der Waals surface area (Å²) in [5.74, 6) is -0.204. The molecule has 1 aromatic rings. The van der Waals surface area contributed by atoms with Crippen molar-refractivity contribution in [3.63, 3.8) is 0 Å². The minimum absolute atomic E-state index is 0.0173. The molecule has 0 aliphatic rings. The number of carbonyl (C=O) groups excluding carboxylic acids is 1. The van der Waals surface area contributed by atoms with Gasteiger partial charge >= 0.3 is 6.61 Å². The van der Waals surface area contributed by atoms with Crippen LogP contribution in [0.4, 0.5) is 14.5 Å². The molecule has 1 amide bonds. The van der Waals surface area contributed by atoms with Crippen molar-refractivity contribution in [2.45, 2.75) is 39.2 Å². The number of nitrogens with one attached hydrogen (secondary N) is 1. The molecule has 0 bridgehead atoms. The monoisotopic (exact) mass is 257 g/mol. The maximum atomic E-state index is 12.2. The Labute approximate surface area is 105 Å². The predicted octanol–water partition coefficient (Wildman–Crippen LogP) is 3.81. The molecule has 0 spiro atoms. The van der Waals surface area contributed by atoms with Gasteiger partial charge in [0.1, 0.15) is 5.75 Å². The van der Waals surface area contributed by atoms with Gasteiger partial charge in [-0.05, 0) is 18.6 Å². The summed E-state index contributed by atoms with van der Waals surface area (Å²) < 4.78 is 28.6. The first-order valence-corrected chi connectivity index (χ1v) is 5.97. The molecule has 0 heterocycles. The average Bonchev–Trinajstić information content (AvgIpc) is 2.31. The van der Waals surface area contributed by atoms with E-state index in [0.29, 0.717) is 6.42 Å². The average molecular weight is 257 g/mol. The summed E-state index contributed by atoms with van der Waals surface area (Å²) in [5.41, 5.74) is 0.277. The fourth-order valence-electron chi connectivity index (χ4n) is 1.52. The SMILES string of the molecule is CCCCCC(=O)Nc1ccccc1OC(F)F. The molecule has 1 N–H and O–H groups in total. The van der Waals surface area contributed by atoms with Crippen LogP contribution in [-0.2, 0) is 4.79 Å². The van der Waals surface area contributed by atoms with E-state index < -0.39 is 6.61 Å². The second-order valence-electron chi connectivity index (χ2n) is 3.88. The summed E-state index contributed by atoms with van der Waals surface area (Å²) in [7, 11) is 0. The van der Waals surface area contributed by atoms with Crippen molar-refractivity contribution in [2.24, 2.45) is 0 Å². The van der Waals surface area contributed by atoms with Crippen molar-refractivity contribution < 1.29 is 18.3 Å². The first-order chi connectivity index (χ1) is 8.63. The van der Waals surface area contributed by atoms with Crippen LogP contribution in [0.5, 0.6) is 5.75 Å². The number of hydrogen-bond acceptors (Lipinski definition) is 2. The van der Waals surface area contributed by atoms with Gasteiger partial charge in [0, 0.05) is 6.42 Å². The largest absolute Gasteiger partial charge is 0.433 e. The molecular weight excluding hydrogens is 240 g/mol. The lowest BCUT2D eigenvalue weighted by Gasteiger charge is -2.11. The number of ether oxygens (including phenoxy) is 1. The first kappa shape index (κ1) is 14.4. The van der Waals surface area contributed by atoms with Gasteiger partial charge in [-0.15, -0.1) is 0 Å². The highest BCUT2D eigenvalue weighted by atomic mass is 19.3. The van der Waals surface area contributed by atoms with E-state index in [4.69, 9.17) is 0 Å². The van der Waals surface area contributed by atoms with Gasteiger partial charge in [-0.3, -0.25) is 4.79 Å². The van der Waals surface area contributed by atoms with E-state index in [-0.39, 0.29) is 17.3 Å². The molecule has 0 aliphatic carbocycles. The Balaban J connectivity index is 2.57. The van der Waals surface area contributed by atoms with E-state index in [1.165, 1.54) is 12.1 Å². The maximum absolute atomic E-state index is 12.2. The molecule has 0 radical (unpaired) electrons. The van der Waals surface area contributed by atoms with E-state index in [0.717, 1.165) is 19.3 Å². The van der Waals surface area contributed by atoms with Gasteiger partial charge in [0.05, 0.1) is 5.69 Å². The summed E-state index contributed by atoms with van der Waals surface area (Å²) in [6.07, 6.45) is 3.18. The Morgan fingerprint density at radius 2 is 2.06 bits per heavy atom. The van der Waals surface area contributed by atoms with Crippen LogP contribution in [0, 0.1) is 0 Å². The zero-order chi connectivity index (χ0) is 13.4. The fraction of sp³-hybridized carbons (Fsp3) is 0.462. The summed E-state index contributed by atoms with van der Waals surface area (Å²) in [5, 5.41) is 2.58. The molecular formula is C13H17F2NO2. The molecule has 0 unspecified atom stereocenters. The molecule has 0 saturated heterocycles. The van der Waals surface area contributed by atoms with Gasteiger partial charge in [0.15, 0.2) is 0 Å². The lowest BCUT2D eigenvalue weighted by atomic mass is 10.2. The van der Waals surface area contributed by atoms with Crippen molar-refractivity contribution >= 4 is 11.6 Å². The topological polar surface area (TPSA) is 38.3 Å². The summed E-state index contributed by atoms with van der Waals surface area (Å²) in [6, 6.07) is 6.16. The summed E-state index contributed by atoms with van der Waals surface area (Å²) >= 11 is 0. The number of anilines is 1. The highest BCUT2D eigenvalue weighted by Gasteiger charge is 2.11. The lowest BCUT2D eigenvalue weighted by Crippen LogP contribution is -2.13. The van der Waals surface area contributed by atoms with E-state index >= 15 is 0 Å². The number of carbonyl (C=O) groups is 1. The van der Waals surface area contributed by atoms with E-state index in [1.807, 2.05) is 6.92 Å². The molecule has 0 atom stereocenters. The van der Waals surface area contributed by atoms with Gasteiger partial charge in [0.2, 0.25) is 5.91 Å². The number of alkyl halides is 2. The van der Waals surface area contributed by atoms with Gasteiger partial charge < -0.3 is 10.1 Å². The van der Waals surface area contributed by atoms with Crippen LogP contribution in [0.25, 0.3) is 0 Å². The Morgan fingerprint density at radius 3 is 2.72 bits per heavy atom. The molecule has 5 heteroatoms. The second kappa shape index (κ2) is 7.63. The van der Waals surface area contributed by atoms with Crippen molar-refractivity contribution in [1.82, 2.24) is 0 Å². The number of halogens is 2. The quantitative estimate of drug-likeness (QED) is 0.754. The number of amides is 1. The summed E-state index contributed by atoms with van der Waals surface area (Å²) in [6.45, 7) is -0.855. The maximum Gasteiger partial charge on any atom is 0.387 e. The van der Waals surface area contributed by atoms with Gasteiger partial charge in [-0.25, -0.2) is 0 Å². The second-order valence-corrected chi connectivity index (χ2v) is 3.88. The van der Waals surface area contributed by atoms with Crippen LogP contribution in [0.1, 0.15) is 32.6 Å². The molecule has 0 fully saturated rings. The molecule has 18 heavy (non-hydrogen) atoms. The minimum atomic E-state index is -2.90. The van der Waals surface area contributed by atoms with Crippen LogP contribution >= 0.6 is 0 Å². The van der Waals surface area contributed by atoms with Crippen LogP contribution in [-0.4, -0.2) is 12.5 Å². The van der Waals surface area contributed by atoms with Crippen LogP contribution in [0.2, 0.25) is 0 Å². The van der Waals surface area contributed by atoms with Crippen molar-refractivity contribution in [2.75, 3.05) is 5.32 Å². The highest BCUT2D eigenvalue weighted by molar-refractivity contribution is 5.92. The van der Waals surface area contributed by atoms with E-state index in [2.05, 4.69) is 10.1 Å². The predicted molar refractivity (Wildman–Crippen MR) is 65.8 cm³/mol. The minimum Gasteiger partial charge on any atom is -0.433 e. The van der Waals surface area contributed by atoms with Crippen molar-refractivity contribution in [3.8, 4) is 5.75 Å². The highest BCUT2D eigenvalue weighted by Crippen LogP contribution is 2.25. The lowest BCUT2D eigenvalue weighted by molar-refractivity contribution is -0.116. The van der Waals surface area contributed by atoms with Crippen LogP contribution in [0.3, 0.4) is 0 Å². The molecule has 3 nitrogen and oxygen atoms in total. The molecule has 100 valence electrons. The molecule has 0 saturated carbocycles. The number of benzene rings is 1. The zero-order valence-corrected chi connectivity index (χ0v) is 10.3. The van der Waals surface area contributed by atoms with Crippen molar-refractivity contribution in [1.29, 1.82) is 0 Å². The Kier molecular flexibility index (Phi) is 6.11. The Morgan fingerprint density at radius 1 is 1.33 bits per heavy atom. The zero-order valence-electron chi connectivity index (χ0n) is 10.3. The number of para-hydroxylation sites is 2. The Bertz CT molecular complexity index is 383. The summed E-state index contributed by atoms with van der Waals surface area (Å²) in [4.78, 5) is 11.6. The fourth-order valence-corrected chi connectivity index (χ4v) is 1.52. The molecule has 1 rings (SSSR count).